The van der Waals surface area contributed by atoms with Crippen LogP contribution in [0.15, 0.2) is 48.5 Å². The summed E-state index contributed by atoms with van der Waals surface area (Å²) in [6.45, 7) is 8.80. The molecule has 0 atom stereocenters. The van der Waals surface area contributed by atoms with E-state index < -0.39 is 5.91 Å². The third-order valence-electron chi connectivity index (χ3n) is 5.32. The molecule has 0 aliphatic rings. The summed E-state index contributed by atoms with van der Waals surface area (Å²) in [5.74, 6) is 1.75. The van der Waals surface area contributed by atoms with Crippen molar-refractivity contribution in [3.8, 4) is 5.95 Å². The van der Waals surface area contributed by atoms with E-state index in [1.807, 2.05) is 42.7 Å². The third kappa shape index (κ3) is 3.86. The molecule has 0 bridgehead atoms. The van der Waals surface area contributed by atoms with Gasteiger partial charge in [0.1, 0.15) is 17.2 Å². The van der Waals surface area contributed by atoms with Crippen molar-refractivity contribution in [2.45, 2.75) is 40.2 Å². The molecule has 2 aromatic carbocycles. The number of fused-ring (bicyclic) bond motifs is 1. The Morgan fingerprint density at radius 2 is 1.77 bits per heavy atom. The molecule has 2 aromatic heterocycles. The molecule has 158 valence electrons. The lowest BCUT2D eigenvalue weighted by Crippen LogP contribution is -2.13. The highest BCUT2D eigenvalue weighted by molar-refractivity contribution is 6.04. The summed E-state index contributed by atoms with van der Waals surface area (Å²) in [7, 11) is 0. The van der Waals surface area contributed by atoms with E-state index in [-0.39, 0.29) is 5.92 Å². The Morgan fingerprint density at radius 1 is 1.03 bits per heavy atom. The van der Waals surface area contributed by atoms with E-state index >= 15 is 0 Å². The molecule has 0 unspecified atom stereocenters. The van der Waals surface area contributed by atoms with Gasteiger partial charge in [-0.05, 0) is 37.5 Å². The minimum atomic E-state index is -0.507. The van der Waals surface area contributed by atoms with Crippen molar-refractivity contribution in [1.29, 1.82) is 0 Å². The van der Waals surface area contributed by atoms with Crippen LogP contribution in [0.3, 0.4) is 0 Å². The monoisotopic (exact) mass is 414 g/mol. The summed E-state index contributed by atoms with van der Waals surface area (Å²) in [6.07, 6.45) is 0. The Kier molecular flexibility index (Phi) is 5.42. The lowest BCUT2D eigenvalue weighted by atomic mass is 10.0. The Hall–Kier alpha value is -3.74. The Balaban J connectivity index is 1.84. The number of aryl methyl sites for hydroxylation is 2. The van der Waals surface area contributed by atoms with Crippen LogP contribution >= 0.6 is 0 Å². The van der Waals surface area contributed by atoms with Crippen LogP contribution in [0.1, 0.15) is 52.8 Å². The van der Waals surface area contributed by atoms with Crippen molar-refractivity contribution in [2.75, 3.05) is 5.32 Å². The topological polar surface area (TPSA) is 98.7 Å². The molecule has 3 N–H and O–H groups in total. The molecule has 2 heterocycles. The van der Waals surface area contributed by atoms with Crippen LogP contribution in [0.5, 0.6) is 0 Å². The predicted molar refractivity (Wildman–Crippen MR) is 123 cm³/mol. The van der Waals surface area contributed by atoms with Crippen molar-refractivity contribution in [3.05, 3.63) is 76.7 Å². The van der Waals surface area contributed by atoms with Crippen LogP contribution < -0.4 is 11.1 Å². The zero-order chi connectivity index (χ0) is 22.1. The lowest BCUT2D eigenvalue weighted by molar-refractivity contribution is 0.100. The standard InChI is InChI=1S/C24H26N6O/c1-14(2)20-15(3)27-24(29-23(20)26-13-17-9-6-5-7-10-17)30-16(4)28-21-18(22(25)31)11-8-12-19(21)30/h5-12,14H,13H2,1-4H3,(H2,25,31)(H,26,27,29). The van der Waals surface area contributed by atoms with Gasteiger partial charge in [-0.2, -0.15) is 4.98 Å². The van der Waals surface area contributed by atoms with Crippen LogP contribution in [0.2, 0.25) is 0 Å². The van der Waals surface area contributed by atoms with Gasteiger partial charge >= 0.3 is 0 Å². The second-order valence-electron chi connectivity index (χ2n) is 7.90. The first-order chi connectivity index (χ1) is 14.9. The van der Waals surface area contributed by atoms with E-state index in [9.17, 15) is 4.79 Å². The van der Waals surface area contributed by atoms with Gasteiger partial charge in [-0.25, -0.2) is 9.97 Å². The van der Waals surface area contributed by atoms with Crippen molar-refractivity contribution in [3.63, 3.8) is 0 Å². The van der Waals surface area contributed by atoms with Gasteiger partial charge in [-0.3, -0.25) is 9.36 Å². The number of imidazole rings is 1. The fourth-order valence-corrected chi connectivity index (χ4v) is 3.94. The minimum Gasteiger partial charge on any atom is -0.366 e. The molecule has 4 rings (SSSR count). The van der Waals surface area contributed by atoms with Crippen molar-refractivity contribution >= 4 is 22.8 Å². The number of benzene rings is 2. The number of primary amides is 1. The Morgan fingerprint density at radius 3 is 2.45 bits per heavy atom. The molecular weight excluding hydrogens is 388 g/mol. The molecule has 0 fully saturated rings. The van der Waals surface area contributed by atoms with Crippen LogP contribution in [0.25, 0.3) is 17.0 Å². The molecule has 0 spiro atoms. The SMILES string of the molecule is Cc1nc(-n2c(C)nc3c(C(N)=O)cccc32)nc(NCc2ccccc2)c1C(C)C. The normalized spacial score (nSPS) is 11.3. The average Bonchev–Trinajstić information content (AvgIpc) is 3.07. The quantitative estimate of drug-likeness (QED) is 0.491. The molecule has 4 aromatic rings. The van der Waals surface area contributed by atoms with Crippen LogP contribution in [-0.2, 0) is 6.54 Å². The van der Waals surface area contributed by atoms with Gasteiger partial charge in [0, 0.05) is 17.8 Å². The molecule has 0 radical (unpaired) electrons. The number of nitrogens with one attached hydrogen (secondary N) is 1. The van der Waals surface area contributed by atoms with Crippen LogP contribution in [0.4, 0.5) is 5.82 Å². The van der Waals surface area contributed by atoms with E-state index in [2.05, 4.69) is 36.3 Å². The first kappa shape index (κ1) is 20.5. The number of hydrogen-bond acceptors (Lipinski definition) is 5. The Bertz CT molecular complexity index is 1260. The van der Waals surface area contributed by atoms with Crippen molar-refractivity contribution in [2.24, 2.45) is 5.73 Å². The maximum Gasteiger partial charge on any atom is 0.250 e. The number of anilines is 1. The van der Waals surface area contributed by atoms with E-state index in [1.165, 1.54) is 5.56 Å². The van der Waals surface area contributed by atoms with Gasteiger partial charge in [-0.15, -0.1) is 0 Å². The van der Waals surface area contributed by atoms with Gasteiger partial charge in [-0.1, -0.05) is 50.2 Å². The maximum atomic E-state index is 11.9. The summed E-state index contributed by atoms with van der Waals surface area (Å²) in [5.41, 5.74) is 10.4. The fourth-order valence-electron chi connectivity index (χ4n) is 3.94. The molecule has 0 aliphatic carbocycles. The first-order valence-electron chi connectivity index (χ1n) is 10.3. The number of hydrogen-bond donors (Lipinski definition) is 2. The molecule has 7 heteroatoms. The zero-order valence-electron chi connectivity index (χ0n) is 18.2. The van der Waals surface area contributed by atoms with Gasteiger partial charge in [0.05, 0.1) is 11.1 Å². The van der Waals surface area contributed by atoms with E-state index in [0.29, 0.717) is 29.4 Å². The molecule has 1 amide bonds. The van der Waals surface area contributed by atoms with Gasteiger partial charge in [0.15, 0.2) is 0 Å². The molecule has 0 saturated carbocycles. The summed E-state index contributed by atoms with van der Waals surface area (Å²) in [5, 5.41) is 3.49. The lowest BCUT2D eigenvalue weighted by Gasteiger charge is -2.18. The van der Waals surface area contributed by atoms with E-state index in [4.69, 9.17) is 15.7 Å². The summed E-state index contributed by atoms with van der Waals surface area (Å²) >= 11 is 0. The number of para-hydroxylation sites is 1. The third-order valence-corrected chi connectivity index (χ3v) is 5.32. The number of amides is 1. The molecule has 31 heavy (non-hydrogen) atoms. The average molecular weight is 415 g/mol. The van der Waals surface area contributed by atoms with E-state index in [0.717, 1.165) is 22.6 Å². The molecule has 0 saturated heterocycles. The van der Waals surface area contributed by atoms with Crippen molar-refractivity contribution < 1.29 is 4.79 Å². The van der Waals surface area contributed by atoms with Crippen LogP contribution in [-0.4, -0.2) is 25.4 Å². The van der Waals surface area contributed by atoms with Crippen molar-refractivity contribution in [1.82, 2.24) is 19.5 Å². The molecule has 7 nitrogen and oxygen atoms in total. The highest BCUT2D eigenvalue weighted by atomic mass is 16.1. The highest BCUT2D eigenvalue weighted by Gasteiger charge is 2.20. The molecule has 0 aliphatic heterocycles. The number of aromatic nitrogens is 4. The van der Waals surface area contributed by atoms with E-state index in [1.54, 1.807) is 12.1 Å². The van der Waals surface area contributed by atoms with Gasteiger partial charge < -0.3 is 11.1 Å². The number of carbonyl (C=O) groups is 1. The zero-order valence-corrected chi connectivity index (χ0v) is 18.2. The van der Waals surface area contributed by atoms with Gasteiger partial charge in [0.2, 0.25) is 5.95 Å². The summed E-state index contributed by atoms with van der Waals surface area (Å²) < 4.78 is 1.87. The Labute approximate surface area is 181 Å². The number of carbonyl (C=O) groups excluding carboxylic acids is 1. The second-order valence-corrected chi connectivity index (χ2v) is 7.90. The largest absolute Gasteiger partial charge is 0.366 e. The van der Waals surface area contributed by atoms with Gasteiger partial charge in [0.25, 0.3) is 5.91 Å². The smallest absolute Gasteiger partial charge is 0.250 e. The maximum absolute atomic E-state index is 11.9. The minimum absolute atomic E-state index is 0.259. The number of nitrogens with two attached hydrogens (primary N) is 1. The number of nitrogens with zero attached hydrogens (tertiary/aromatic N) is 4. The summed E-state index contributed by atoms with van der Waals surface area (Å²) in [6, 6.07) is 15.6. The number of rotatable bonds is 6. The molecular formula is C24H26N6O. The highest BCUT2D eigenvalue weighted by Crippen LogP contribution is 2.29. The predicted octanol–water partition coefficient (Wildman–Crippen LogP) is 4.27. The fraction of sp³-hybridized carbons (Fsp3) is 0.250. The first-order valence-corrected chi connectivity index (χ1v) is 10.3. The second kappa shape index (κ2) is 8.18. The summed E-state index contributed by atoms with van der Waals surface area (Å²) in [4.78, 5) is 26.1. The van der Waals surface area contributed by atoms with Crippen LogP contribution in [0, 0.1) is 13.8 Å².